The molecule has 0 aliphatic rings. The summed E-state index contributed by atoms with van der Waals surface area (Å²) < 4.78 is 5.10. The van der Waals surface area contributed by atoms with Crippen LogP contribution in [0, 0.1) is 0 Å². The first-order valence-electron chi connectivity index (χ1n) is 5.79. The third-order valence-corrected chi connectivity index (χ3v) is 2.67. The minimum atomic E-state index is -0.246. The number of nitrogens with one attached hydrogen (secondary N) is 1. The minimum absolute atomic E-state index is 0.246. The molecule has 0 radical (unpaired) electrons. The number of benzene rings is 1. The molecule has 0 aliphatic carbocycles. The Morgan fingerprint density at radius 1 is 1.41 bits per heavy atom. The molecule has 1 rings (SSSR count). The summed E-state index contributed by atoms with van der Waals surface area (Å²) in [5, 5.41) is 3.34. The number of rotatable bonds is 7. The normalized spacial score (nSPS) is 12.1. The molecule has 3 N–H and O–H groups in total. The van der Waals surface area contributed by atoms with Crippen LogP contribution in [-0.4, -0.2) is 19.6 Å². The van der Waals surface area contributed by atoms with Crippen LogP contribution in [0.15, 0.2) is 24.3 Å². The summed E-state index contributed by atoms with van der Waals surface area (Å²) in [5.41, 5.74) is 6.27. The number of amides is 1. The quantitative estimate of drug-likeness (QED) is 0.707. The topological polar surface area (TPSA) is 64.3 Å². The van der Waals surface area contributed by atoms with Crippen LogP contribution < -0.4 is 15.8 Å². The summed E-state index contributed by atoms with van der Waals surface area (Å²) in [7, 11) is 1.65. The lowest BCUT2D eigenvalue weighted by molar-refractivity contribution is -0.118. The van der Waals surface area contributed by atoms with E-state index < -0.39 is 0 Å². The first-order chi connectivity index (χ1) is 8.13. The molecule has 94 valence electrons. The molecule has 4 nitrogen and oxygen atoms in total. The molecule has 0 saturated heterocycles. The second kappa shape index (κ2) is 6.91. The highest BCUT2D eigenvalue weighted by Gasteiger charge is 2.04. The molecule has 0 spiro atoms. The highest BCUT2D eigenvalue weighted by Crippen LogP contribution is 2.17. The van der Waals surface area contributed by atoms with E-state index in [1.54, 1.807) is 7.11 Å². The first kappa shape index (κ1) is 13.5. The van der Waals surface area contributed by atoms with Crippen molar-refractivity contribution in [2.24, 2.45) is 5.73 Å². The minimum Gasteiger partial charge on any atom is -0.497 e. The van der Waals surface area contributed by atoms with Gasteiger partial charge < -0.3 is 15.8 Å². The predicted octanol–water partition coefficient (Wildman–Crippen LogP) is 1.61. The van der Waals surface area contributed by atoms with Gasteiger partial charge >= 0.3 is 0 Å². The zero-order chi connectivity index (χ0) is 12.7. The molecular formula is C13H20N2O2. The van der Waals surface area contributed by atoms with Crippen molar-refractivity contribution in [3.8, 4) is 5.75 Å². The van der Waals surface area contributed by atoms with Crippen molar-refractivity contribution in [3.05, 3.63) is 29.8 Å². The van der Waals surface area contributed by atoms with Crippen LogP contribution in [0.2, 0.25) is 0 Å². The number of carbonyl (C=O) groups is 1. The summed E-state index contributed by atoms with van der Waals surface area (Å²) in [6, 6.07) is 8.21. The monoisotopic (exact) mass is 236 g/mol. The molecule has 1 unspecified atom stereocenters. The van der Waals surface area contributed by atoms with Crippen LogP contribution >= 0.6 is 0 Å². The SMILES string of the molecule is COc1ccc(C(C)NCCCC(N)=O)cc1. The fourth-order valence-electron chi connectivity index (χ4n) is 1.59. The Bertz CT molecular complexity index is 349. The Balaban J connectivity index is 2.35. The Kier molecular flexibility index (Phi) is 5.49. The van der Waals surface area contributed by atoms with Crippen molar-refractivity contribution in [2.75, 3.05) is 13.7 Å². The number of nitrogens with two attached hydrogens (primary N) is 1. The van der Waals surface area contributed by atoms with Gasteiger partial charge in [-0.3, -0.25) is 4.79 Å². The average molecular weight is 236 g/mol. The Labute approximate surface area is 102 Å². The van der Waals surface area contributed by atoms with Gasteiger partial charge in [0.15, 0.2) is 0 Å². The van der Waals surface area contributed by atoms with E-state index in [2.05, 4.69) is 12.2 Å². The lowest BCUT2D eigenvalue weighted by atomic mass is 10.1. The maximum Gasteiger partial charge on any atom is 0.217 e. The van der Waals surface area contributed by atoms with Gasteiger partial charge in [-0.05, 0) is 37.6 Å². The number of methoxy groups -OCH3 is 1. The molecule has 0 bridgehead atoms. The molecule has 1 aromatic carbocycles. The van der Waals surface area contributed by atoms with Gasteiger partial charge in [-0.25, -0.2) is 0 Å². The predicted molar refractivity (Wildman–Crippen MR) is 67.8 cm³/mol. The van der Waals surface area contributed by atoms with Crippen LogP contribution in [0.1, 0.15) is 31.4 Å². The van der Waals surface area contributed by atoms with Crippen molar-refractivity contribution in [2.45, 2.75) is 25.8 Å². The number of hydrogen-bond donors (Lipinski definition) is 2. The summed E-state index contributed by atoms with van der Waals surface area (Å²) in [6.07, 6.45) is 1.21. The Hall–Kier alpha value is -1.55. The summed E-state index contributed by atoms with van der Waals surface area (Å²) in [6.45, 7) is 2.88. The van der Waals surface area contributed by atoms with Gasteiger partial charge in [0.2, 0.25) is 5.91 Å². The number of hydrogen-bond acceptors (Lipinski definition) is 3. The lowest BCUT2D eigenvalue weighted by Crippen LogP contribution is -2.21. The summed E-state index contributed by atoms with van der Waals surface area (Å²) >= 11 is 0. The van der Waals surface area contributed by atoms with Crippen LogP contribution in [0.5, 0.6) is 5.75 Å². The maximum atomic E-state index is 10.6. The largest absolute Gasteiger partial charge is 0.497 e. The smallest absolute Gasteiger partial charge is 0.217 e. The molecule has 1 atom stereocenters. The van der Waals surface area contributed by atoms with Crippen molar-refractivity contribution in [1.29, 1.82) is 0 Å². The van der Waals surface area contributed by atoms with Crippen LogP contribution in [0.4, 0.5) is 0 Å². The highest BCUT2D eigenvalue weighted by atomic mass is 16.5. The van der Waals surface area contributed by atoms with Crippen molar-refractivity contribution < 1.29 is 9.53 Å². The van der Waals surface area contributed by atoms with E-state index in [-0.39, 0.29) is 11.9 Å². The molecule has 1 aromatic rings. The molecule has 17 heavy (non-hydrogen) atoms. The zero-order valence-electron chi connectivity index (χ0n) is 10.4. The molecule has 0 aromatic heterocycles. The van der Waals surface area contributed by atoms with Gasteiger partial charge in [-0.1, -0.05) is 12.1 Å². The fourth-order valence-corrected chi connectivity index (χ4v) is 1.59. The summed E-state index contributed by atoms with van der Waals surface area (Å²) in [5.74, 6) is 0.610. The molecular weight excluding hydrogens is 216 g/mol. The standard InChI is InChI=1S/C13H20N2O2/c1-10(15-9-3-4-13(14)16)11-5-7-12(17-2)8-6-11/h5-8,10,15H,3-4,9H2,1-2H3,(H2,14,16). The van der Waals surface area contributed by atoms with E-state index in [0.29, 0.717) is 6.42 Å². The molecule has 0 fully saturated rings. The van der Waals surface area contributed by atoms with E-state index in [0.717, 1.165) is 18.7 Å². The van der Waals surface area contributed by atoms with E-state index >= 15 is 0 Å². The Morgan fingerprint density at radius 2 is 2.06 bits per heavy atom. The first-order valence-corrected chi connectivity index (χ1v) is 5.79. The second-order valence-electron chi connectivity index (χ2n) is 4.02. The van der Waals surface area contributed by atoms with E-state index in [1.807, 2.05) is 24.3 Å². The number of carbonyl (C=O) groups excluding carboxylic acids is 1. The van der Waals surface area contributed by atoms with E-state index in [9.17, 15) is 4.79 Å². The van der Waals surface area contributed by atoms with E-state index in [1.165, 1.54) is 5.56 Å². The Morgan fingerprint density at radius 3 is 2.59 bits per heavy atom. The van der Waals surface area contributed by atoms with Crippen molar-refractivity contribution in [1.82, 2.24) is 5.32 Å². The summed E-state index contributed by atoms with van der Waals surface area (Å²) in [4.78, 5) is 10.6. The molecule has 4 heteroatoms. The molecule has 0 aliphatic heterocycles. The zero-order valence-corrected chi connectivity index (χ0v) is 10.4. The number of primary amides is 1. The van der Waals surface area contributed by atoms with Gasteiger partial charge in [0.1, 0.15) is 5.75 Å². The highest BCUT2D eigenvalue weighted by molar-refractivity contribution is 5.73. The van der Waals surface area contributed by atoms with Crippen molar-refractivity contribution >= 4 is 5.91 Å². The molecule has 0 saturated carbocycles. The van der Waals surface area contributed by atoms with Crippen molar-refractivity contribution in [3.63, 3.8) is 0 Å². The van der Waals surface area contributed by atoms with Crippen LogP contribution in [-0.2, 0) is 4.79 Å². The van der Waals surface area contributed by atoms with Crippen LogP contribution in [0.25, 0.3) is 0 Å². The van der Waals surface area contributed by atoms with Gasteiger partial charge in [-0.15, -0.1) is 0 Å². The fraction of sp³-hybridized carbons (Fsp3) is 0.462. The maximum absolute atomic E-state index is 10.6. The van der Waals surface area contributed by atoms with E-state index in [4.69, 9.17) is 10.5 Å². The van der Waals surface area contributed by atoms with Crippen LogP contribution in [0.3, 0.4) is 0 Å². The van der Waals surface area contributed by atoms with Gasteiger partial charge in [0, 0.05) is 12.5 Å². The third-order valence-electron chi connectivity index (χ3n) is 2.67. The third kappa shape index (κ3) is 4.87. The lowest BCUT2D eigenvalue weighted by Gasteiger charge is -2.14. The van der Waals surface area contributed by atoms with Gasteiger partial charge in [0.05, 0.1) is 7.11 Å². The molecule has 1 amide bonds. The average Bonchev–Trinajstić information content (AvgIpc) is 2.34. The van der Waals surface area contributed by atoms with Gasteiger partial charge in [0.25, 0.3) is 0 Å². The second-order valence-corrected chi connectivity index (χ2v) is 4.02. The van der Waals surface area contributed by atoms with Gasteiger partial charge in [-0.2, -0.15) is 0 Å². The molecule has 0 heterocycles. The number of ether oxygens (including phenoxy) is 1.